The zero-order valence-electron chi connectivity index (χ0n) is 12.7. The molecule has 5 nitrogen and oxygen atoms in total. The Balaban J connectivity index is 2.03. The first-order chi connectivity index (χ1) is 11.2. The van der Waals surface area contributed by atoms with Crippen molar-refractivity contribution in [2.75, 3.05) is 14.2 Å². The van der Waals surface area contributed by atoms with Crippen LogP contribution in [0.1, 0.15) is 11.1 Å². The molecule has 3 rings (SSSR count). The Morgan fingerprint density at radius 3 is 1.35 bits per heavy atom. The molecular weight excluding hydrogens is 292 g/mol. The Hall–Kier alpha value is -3.02. The van der Waals surface area contributed by atoms with E-state index >= 15 is 0 Å². The summed E-state index contributed by atoms with van der Waals surface area (Å²) >= 11 is 0. The van der Waals surface area contributed by atoms with Gasteiger partial charge in [0.05, 0.1) is 14.2 Å². The molecule has 1 aliphatic heterocycles. The van der Waals surface area contributed by atoms with Crippen LogP contribution >= 0.6 is 0 Å². The van der Waals surface area contributed by atoms with Crippen LogP contribution in [-0.2, 0) is 15.9 Å². The molecule has 0 unspecified atom stereocenters. The molecule has 23 heavy (non-hydrogen) atoms. The molecule has 1 saturated heterocycles. The number of hydrogen-bond acceptors (Lipinski definition) is 5. The number of ether oxygens (including phenoxy) is 3. The van der Waals surface area contributed by atoms with E-state index in [2.05, 4.69) is 12.1 Å². The zero-order valence-corrected chi connectivity index (χ0v) is 12.7. The third kappa shape index (κ3) is 2.03. The lowest BCUT2D eigenvalue weighted by Gasteiger charge is -2.10. The molecule has 0 amide bonds. The quantitative estimate of drug-likeness (QED) is 0.812. The Morgan fingerprint density at radius 2 is 1.09 bits per heavy atom. The second-order valence-corrected chi connectivity index (χ2v) is 5.15. The molecule has 2 aromatic rings. The van der Waals surface area contributed by atoms with Gasteiger partial charge in [0, 0.05) is 11.1 Å². The van der Waals surface area contributed by atoms with Gasteiger partial charge in [-0.3, -0.25) is 0 Å². The molecule has 0 radical (unpaired) electrons. The average Bonchev–Trinajstić information content (AvgIpc) is 3.32. The van der Waals surface area contributed by atoms with Crippen LogP contribution in [0.4, 0.5) is 0 Å². The van der Waals surface area contributed by atoms with Gasteiger partial charge in [0.15, 0.2) is 0 Å². The van der Waals surface area contributed by atoms with Gasteiger partial charge in [-0.05, 0) is 24.3 Å². The highest BCUT2D eigenvalue weighted by Crippen LogP contribution is 2.61. The molecule has 0 spiro atoms. The molecule has 1 fully saturated rings. The van der Waals surface area contributed by atoms with Crippen LogP contribution < -0.4 is 9.47 Å². The van der Waals surface area contributed by atoms with E-state index in [4.69, 9.17) is 14.2 Å². The summed E-state index contributed by atoms with van der Waals surface area (Å²) in [6.07, 6.45) is 0. The van der Waals surface area contributed by atoms with Crippen molar-refractivity contribution < 1.29 is 14.2 Å². The van der Waals surface area contributed by atoms with E-state index < -0.39 is 11.2 Å². The normalized spacial score (nSPS) is 25.0. The van der Waals surface area contributed by atoms with Crippen molar-refractivity contribution in [1.82, 2.24) is 0 Å². The van der Waals surface area contributed by atoms with Crippen molar-refractivity contribution in [1.29, 1.82) is 10.5 Å². The number of methoxy groups -OCH3 is 2. The standard InChI is InChI=1S/C18H14N2O3/c1-21-15-7-3-13(4-8-15)17(11-19)18(12-20,23-17)14-5-9-16(22-2)10-6-14/h3-10H,1-2H3/t17-,18-/m0/s1. The fourth-order valence-electron chi connectivity index (χ4n) is 2.71. The summed E-state index contributed by atoms with van der Waals surface area (Å²) in [5.74, 6) is 1.35. The Morgan fingerprint density at radius 1 is 0.739 bits per heavy atom. The summed E-state index contributed by atoms with van der Waals surface area (Å²) in [4.78, 5) is 0. The highest BCUT2D eigenvalue weighted by Gasteiger charge is 2.74. The molecule has 114 valence electrons. The minimum absolute atomic E-state index is 0.623. The van der Waals surface area contributed by atoms with Crippen LogP contribution in [0.15, 0.2) is 48.5 Å². The van der Waals surface area contributed by atoms with Crippen molar-refractivity contribution in [2.45, 2.75) is 11.2 Å². The minimum Gasteiger partial charge on any atom is -0.497 e. The summed E-state index contributed by atoms with van der Waals surface area (Å²) in [6.45, 7) is 0. The predicted octanol–water partition coefficient (Wildman–Crippen LogP) is 2.87. The van der Waals surface area contributed by atoms with Crippen molar-refractivity contribution in [3.63, 3.8) is 0 Å². The van der Waals surface area contributed by atoms with Crippen molar-refractivity contribution in [2.24, 2.45) is 0 Å². The molecule has 0 aromatic heterocycles. The lowest BCUT2D eigenvalue weighted by molar-refractivity contribution is 0.314. The van der Waals surface area contributed by atoms with Crippen LogP contribution in [0.25, 0.3) is 0 Å². The topological polar surface area (TPSA) is 78.6 Å². The van der Waals surface area contributed by atoms with E-state index in [0.717, 1.165) is 0 Å². The van der Waals surface area contributed by atoms with Crippen LogP contribution in [0.2, 0.25) is 0 Å². The SMILES string of the molecule is COc1ccc([C@]2(C#N)O[C@@]2(C#N)c2ccc(OC)cc2)cc1. The molecule has 5 heteroatoms. The van der Waals surface area contributed by atoms with Crippen LogP contribution in [0.5, 0.6) is 11.5 Å². The van der Waals surface area contributed by atoms with E-state index in [9.17, 15) is 10.5 Å². The maximum Gasteiger partial charge on any atom is 0.228 e. The molecule has 2 atom stereocenters. The maximum atomic E-state index is 9.68. The maximum absolute atomic E-state index is 9.68. The molecule has 1 aliphatic rings. The smallest absolute Gasteiger partial charge is 0.228 e. The Kier molecular flexibility index (Phi) is 3.44. The number of nitrogens with zero attached hydrogens (tertiary/aromatic N) is 2. The predicted molar refractivity (Wildman–Crippen MR) is 81.7 cm³/mol. The third-order valence-corrected chi connectivity index (χ3v) is 4.07. The first kappa shape index (κ1) is 14.9. The lowest BCUT2D eigenvalue weighted by Crippen LogP contribution is -2.19. The van der Waals surface area contributed by atoms with Gasteiger partial charge in [-0.15, -0.1) is 0 Å². The van der Waals surface area contributed by atoms with Gasteiger partial charge in [0.1, 0.15) is 23.6 Å². The van der Waals surface area contributed by atoms with Gasteiger partial charge in [-0.1, -0.05) is 24.3 Å². The van der Waals surface area contributed by atoms with Gasteiger partial charge in [-0.25, -0.2) is 0 Å². The second-order valence-electron chi connectivity index (χ2n) is 5.15. The van der Waals surface area contributed by atoms with E-state index in [1.165, 1.54) is 0 Å². The number of hydrogen-bond donors (Lipinski definition) is 0. The molecule has 0 N–H and O–H groups in total. The number of epoxide rings is 1. The first-order valence-electron chi connectivity index (χ1n) is 6.97. The monoisotopic (exact) mass is 306 g/mol. The highest BCUT2D eigenvalue weighted by atomic mass is 16.6. The van der Waals surface area contributed by atoms with Crippen LogP contribution in [0, 0.1) is 22.7 Å². The first-order valence-corrected chi connectivity index (χ1v) is 6.97. The van der Waals surface area contributed by atoms with Crippen LogP contribution in [0.3, 0.4) is 0 Å². The molecule has 0 saturated carbocycles. The van der Waals surface area contributed by atoms with Gasteiger partial charge in [0.25, 0.3) is 0 Å². The summed E-state index contributed by atoms with van der Waals surface area (Å²) in [7, 11) is 3.14. The van der Waals surface area contributed by atoms with Crippen molar-refractivity contribution in [3.05, 3.63) is 59.7 Å². The largest absolute Gasteiger partial charge is 0.497 e. The molecule has 2 aromatic carbocycles. The van der Waals surface area contributed by atoms with E-state index in [1.807, 2.05) is 0 Å². The second kappa shape index (κ2) is 5.31. The van der Waals surface area contributed by atoms with Crippen molar-refractivity contribution in [3.8, 4) is 23.6 Å². The van der Waals surface area contributed by atoms with E-state index in [0.29, 0.717) is 22.6 Å². The molecule has 0 aliphatic carbocycles. The van der Waals surface area contributed by atoms with E-state index in [1.54, 1.807) is 62.8 Å². The van der Waals surface area contributed by atoms with Gasteiger partial charge < -0.3 is 14.2 Å². The summed E-state index contributed by atoms with van der Waals surface area (Å²) in [5, 5.41) is 19.4. The average molecular weight is 306 g/mol. The number of rotatable bonds is 4. The summed E-state index contributed by atoms with van der Waals surface area (Å²) in [5.41, 5.74) is -1.39. The lowest BCUT2D eigenvalue weighted by atomic mass is 9.83. The van der Waals surface area contributed by atoms with E-state index in [-0.39, 0.29) is 0 Å². The van der Waals surface area contributed by atoms with Gasteiger partial charge in [0.2, 0.25) is 11.2 Å². The fourth-order valence-corrected chi connectivity index (χ4v) is 2.71. The number of benzene rings is 2. The molecular formula is C18H14N2O3. The number of nitriles is 2. The molecule has 0 bridgehead atoms. The Labute approximate surface area is 134 Å². The third-order valence-electron chi connectivity index (χ3n) is 4.07. The summed E-state index contributed by atoms with van der Waals surface area (Å²) in [6, 6.07) is 18.2. The highest BCUT2D eigenvalue weighted by molar-refractivity contribution is 5.53. The minimum atomic E-state index is -1.32. The van der Waals surface area contributed by atoms with Crippen molar-refractivity contribution >= 4 is 0 Å². The summed E-state index contributed by atoms with van der Waals surface area (Å²) < 4.78 is 15.9. The zero-order chi connectivity index (χ0) is 16.5. The van der Waals surface area contributed by atoms with Gasteiger partial charge in [-0.2, -0.15) is 10.5 Å². The fraction of sp³-hybridized carbons (Fsp3) is 0.222. The van der Waals surface area contributed by atoms with Crippen LogP contribution in [-0.4, -0.2) is 14.2 Å². The van der Waals surface area contributed by atoms with Gasteiger partial charge >= 0.3 is 0 Å². The molecule has 1 heterocycles. The Bertz CT molecular complexity index is 733.